The molecule has 6 heteroatoms. The number of fused-ring (bicyclic) bond motifs is 4. The Morgan fingerprint density at radius 3 is 1.79 bits per heavy atom. The number of nitrogens with zero attached hydrogens (tertiary/aromatic N) is 4. The van der Waals surface area contributed by atoms with Crippen molar-refractivity contribution in [3.63, 3.8) is 0 Å². The van der Waals surface area contributed by atoms with E-state index in [4.69, 9.17) is 9.72 Å². The minimum absolute atomic E-state index is 0. The Morgan fingerprint density at radius 2 is 1.10 bits per heavy atom. The third-order valence-corrected chi connectivity index (χ3v) is 13.9. The molecule has 9 aromatic rings. The van der Waals surface area contributed by atoms with Crippen LogP contribution in [0.25, 0.3) is 27.6 Å². The predicted octanol–water partition coefficient (Wildman–Crippen LogP) is 16.2. The van der Waals surface area contributed by atoms with Crippen molar-refractivity contribution in [1.29, 1.82) is 0 Å². The van der Waals surface area contributed by atoms with Gasteiger partial charge < -0.3 is 19.1 Å². The standard InChI is InChI=1S/C62H59N4O.Pt/c1-59(2,3)44-24-19-25-48(34-44)64-41-65(55-31-28-46(37-57(55)64)61(7,8)42-20-13-11-14-21-42)49-35-47(62(9,10)43-22-15-12-16-23-43)36-51(39-49)67-50-29-30-53-52-26-17-18-27-54(52)66(56(53)40-50)58-38-45(32-33-63-58)60(4,5)6;/h11-38,41H,1-10H3;/q-3;. The number of rotatable bonds is 9. The van der Waals surface area contributed by atoms with Crippen LogP contribution >= 0.6 is 0 Å². The molecule has 0 spiro atoms. The third kappa shape index (κ3) is 8.56. The van der Waals surface area contributed by atoms with Crippen LogP contribution in [0, 0.1) is 18.8 Å². The van der Waals surface area contributed by atoms with E-state index < -0.39 is 0 Å². The second-order valence-electron chi connectivity index (χ2n) is 21.2. The number of para-hydroxylation sites is 1. The Morgan fingerprint density at radius 1 is 0.471 bits per heavy atom. The molecule has 5 nitrogen and oxygen atoms in total. The summed E-state index contributed by atoms with van der Waals surface area (Å²) >= 11 is 0. The molecule has 68 heavy (non-hydrogen) atoms. The van der Waals surface area contributed by atoms with E-state index in [1.807, 2.05) is 12.3 Å². The average Bonchev–Trinajstić information content (AvgIpc) is 3.87. The number of aromatic nitrogens is 2. The van der Waals surface area contributed by atoms with Crippen LogP contribution < -0.4 is 14.5 Å². The molecule has 0 amide bonds. The fraction of sp³-hybridized carbons (Fsp3) is 0.226. The molecule has 0 fully saturated rings. The van der Waals surface area contributed by atoms with Gasteiger partial charge in [-0.1, -0.05) is 172 Å². The van der Waals surface area contributed by atoms with E-state index in [1.54, 1.807) is 0 Å². The van der Waals surface area contributed by atoms with Gasteiger partial charge in [-0.05, 0) is 91.9 Å². The van der Waals surface area contributed by atoms with Crippen molar-refractivity contribution in [3.8, 4) is 17.3 Å². The first-order chi connectivity index (χ1) is 32.0. The second kappa shape index (κ2) is 17.6. The van der Waals surface area contributed by atoms with Gasteiger partial charge in [0.05, 0.1) is 0 Å². The Labute approximate surface area is 417 Å². The molecular weight excluding hydrogens is 1010 g/mol. The van der Waals surface area contributed by atoms with Gasteiger partial charge in [0.15, 0.2) is 0 Å². The van der Waals surface area contributed by atoms with Crippen LogP contribution in [0.4, 0.5) is 22.7 Å². The van der Waals surface area contributed by atoms with E-state index in [9.17, 15) is 0 Å². The van der Waals surface area contributed by atoms with Crippen molar-refractivity contribution in [2.24, 2.45) is 0 Å². The normalized spacial score (nSPS) is 13.2. The minimum atomic E-state index is -0.375. The molecule has 1 aliphatic rings. The molecule has 0 unspecified atom stereocenters. The first-order valence-electron chi connectivity index (χ1n) is 23.4. The number of hydrogen-bond acceptors (Lipinski definition) is 4. The molecule has 7 aromatic carbocycles. The van der Waals surface area contributed by atoms with E-state index in [0.29, 0.717) is 11.5 Å². The number of pyridine rings is 1. The van der Waals surface area contributed by atoms with E-state index in [1.165, 1.54) is 27.8 Å². The number of ether oxygens (including phenoxy) is 1. The van der Waals surface area contributed by atoms with Gasteiger partial charge in [-0.25, -0.2) is 4.98 Å². The van der Waals surface area contributed by atoms with Crippen LogP contribution in [0.5, 0.6) is 11.5 Å². The van der Waals surface area contributed by atoms with Gasteiger partial charge >= 0.3 is 0 Å². The average molecular weight is 1070 g/mol. The smallest absolute Gasteiger partial charge is 0.135 e. The monoisotopic (exact) mass is 1070 g/mol. The van der Waals surface area contributed by atoms with E-state index in [-0.39, 0.29) is 42.7 Å². The molecule has 0 N–H and O–H groups in total. The van der Waals surface area contributed by atoms with Crippen LogP contribution in [0.15, 0.2) is 170 Å². The van der Waals surface area contributed by atoms with Gasteiger partial charge in [-0.3, -0.25) is 0 Å². The van der Waals surface area contributed by atoms with E-state index in [0.717, 1.165) is 55.9 Å². The summed E-state index contributed by atoms with van der Waals surface area (Å²) < 4.78 is 9.20. The molecule has 0 saturated carbocycles. The minimum Gasteiger partial charge on any atom is -0.509 e. The maximum absolute atomic E-state index is 6.99. The zero-order valence-corrected chi connectivity index (χ0v) is 43.0. The summed E-state index contributed by atoms with van der Waals surface area (Å²) in [6.45, 7) is 24.9. The van der Waals surface area contributed by atoms with Gasteiger partial charge in [0, 0.05) is 66.8 Å². The molecule has 0 saturated heterocycles. The second-order valence-corrected chi connectivity index (χ2v) is 21.2. The maximum Gasteiger partial charge on any atom is 0.135 e. The summed E-state index contributed by atoms with van der Waals surface area (Å²) in [5, 5.41) is 2.23. The molecule has 0 bridgehead atoms. The van der Waals surface area contributed by atoms with Gasteiger partial charge in [-0.2, -0.15) is 6.07 Å². The molecule has 2 aromatic heterocycles. The Balaban J connectivity index is 0.00000578. The van der Waals surface area contributed by atoms with Crippen LogP contribution in [0.3, 0.4) is 0 Å². The summed E-state index contributed by atoms with van der Waals surface area (Å²) in [7, 11) is 0. The van der Waals surface area contributed by atoms with Crippen molar-refractivity contribution >= 4 is 44.6 Å². The van der Waals surface area contributed by atoms with Crippen LogP contribution in [0.1, 0.15) is 103 Å². The van der Waals surface area contributed by atoms with Gasteiger partial charge in [0.25, 0.3) is 0 Å². The van der Waals surface area contributed by atoms with E-state index >= 15 is 0 Å². The number of benzene rings is 7. The maximum atomic E-state index is 6.99. The van der Waals surface area contributed by atoms with Gasteiger partial charge in [0.1, 0.15) is 5.82 Å². The zero-order chi connectivity index (χ0) is 46.9. The Hall–Kier alpha value is -6.42. The largest absolute Gasteiger partial charge is 0.509 e. The number of anilines is 4. The Kier molecular flexibility index (Phi) is 12.1. The molecule has 3 heterocycles. The molecule has 1 aliphatic heterocycles. The van der Waals surface area contributed by atoms with Crippen molar-refractivity contribution < 1.29 is 25.8 Å². The molecule has 10 rings (SSSR count). The molecule has 0 atom stereocenters. The van der Waals surface area contributed by atoms with Gasteiger partial charge in [0.2, 0.25) is 0 Å². The fourth-order valence-electron chi connectivity index (χ4n) is 9.48. The van der Waals surface area contributed by atoms with Crippen molar-refractivity contribution in [3.05, 3.63) is 222 Å². The van der Waals surface area contributed by atoms with Crippen molar-refractivity contribution in [2.75, 3.05) is 9.80 Å². The van der Waals surface area contributed by atoms with Crippen LogP contribution in [-0.4, -0.2) is 9.55 Å². The third-order valence-electron chi connectivity index (χ3n) is 13.9. The first-order valence-corrected chi connectivity index (χ1v) is 23.4. The molecule has 0 radical (unpaired) electrons. The van der Waals surface area contributed by atoms with Gasteiger partial charge in [-0.15, -0.1) is 53.6 Å². The van der Waals surface area contributed by atoms with Crippen molar-refractivity contribution in [1.82, 2.24) is 9.55 Å². The SMILES string of the molecule is CC(C)(C)c1cccc(N2[CH-]N(c3[c-]c(Oc4[c-]c5c(cc4)c4ccccc4n5-c4cc(C(C)(C)C)ccn4)cc(C(C)(C)c4ccccc4)c3)c3ccc(C(C)(C)c4ccccc4)cc32)c1.[Pt]. The molecule has 346 valence electrons. The van der Waals surface area contributed by atoms with Crippen LogP contribution in [-0.2, 0) is 42.7 Å². The zero-order valence-electron chi connectivity index (χ0n) is 40.8. The fourth-order valence-corrected chi connectivity index (χ4v) is 9.48. The molecule has 0 aliphatic carbocycles. The summed E-state index contributed by atoms with van der Waals surface area (Å²) in [5.74, 6) is 2.05. The first kappa shape index (κ1) is 46.7. The van der Waals surface area contributed by atoms with Crippen LogP contribution in [0.2, 0.25) is 0 Å². The summed E-state index contributed by atoms with van der Waals surface area (Å²) in [5.41, 5.74) is 12.8. The summed E-state index contributed by atoms with van der Waals surface area (Å²) in [6, 6.07) is 66.2. The van der Waals surface area contributed by atoms with Crippen molar-refractivity contribution in [2.45, 2.75) is 90.9 Å². The summed E-state index contributed by atoms with van der Waals surface area (Å²) in [4.78, 5) is 9.52. The molecular formula is C62H59N4OPt-3. The quantitative estimate of drug-likeness (QED) is 0.135. The predicted molar refractivity (Wildman–Crippen MR) is 279 cm³/mol. The Bertz CT molecular complexity index is 3280. The number of hydrogen-bond donors (Lipinski definition) is 0. The topological polar surface area (TPSA) is 33.5 Å². The van der Waals surface area contributed by atoms with E-state index in [2.05, 4.69) is 260 Å². The summed E-state index contributed by atoms with van der Waals surface area (Å²) in [6.07, 6.45) is 1.91.